The molecule has 2 aromatic rings. The van der Waals surface area contributed by atoms with Gasteiger partial charge >= 0.3 is 0 Å². The van der Waals surface area contributed by atoms with E-state index in [0.29, 0.717) is 6.04 Å². The Hall–Kier alpha value is -0.840. The molecule has 2 aromatic carbocycles. The minimum Gasteiger partial charge on any atom is -0.457 e. The molecule has 0 atom stereocenters. The molecule has 0 spiro atoms. The van der Waals surface area contributed by atoms with Gasteiger partial charge in [0.1, 0.15) is 11.5 Å². The van der Waals surface area contributed by atoms with Crippen molar-refractivity contribution in [2.24, 2.45) is 0 Å². The van der Waals surface area contributed by atoms with Crippen LogP contribution in [0.15, 0.2) is 51.4 Å². The SMILES string of the molecule is CC(C)NCc1ccc(Br)cc1Oc1ccc(Br)cc1. The lowest BCUT2D eigenvalue weighted by Gasteiger charge is -2.14. The summed E-state index contributed by atoms with van der Waals surface area (Å²) in [6, 6.07) is 14.4. The maximum Gasteiger partial charge on any atom is 0.133 e. The van der Waals surface area contributed by atoms with E-state index in [1.807, 2.05) is 36.4 Å². The van der Waals surface area contributed by atoms with E-state index in [9.17, 15) is 0 Å². The number of rotatable bonds is 5. The Kier molecular flexibility index (Phi) is 5.64. The molecular weight excluding hydrogens is 382 g/mol. The molecule has 0 radical (unpaired) electrons. The third-order valence-corrected chi connectivity index (χ3v) is 3.79. The summed E-state index contributed by atoms with van der Waals surface area (Å²) >= 11 is 6.92. The molecule has 2 nitrogen and oxygen atoms in total. The molecule has 20 heavy (non-hydrogen) atoms. The molecule has 0 saturated carbocycles. The Morgan fingerprint density at radius 3 is 2.30 bits per heavy atom. The van der Waals surface area contributed by atoms with Crippen LogP contribution in [0.5, 0.6) is 11.5 Å². The normalized spacial score (nSPS) is 10.8. The first-order chi connectivity index (χ1) is 9.54. The summed E-state index contributed by atoms with van der Waals surface area (Å²) in [7, 11) is 0. The summed E-state index contributed by atoms with van der Waals surface area (Å²) in [6.07, 6.45) is 0. The maximum absolute atomic E-state index is 5.99. The summed E-state index contributed by atoms with van der Waals surface area (Å²) in [5.41, 5.74) is 1.14. The highest BCUT2D eigenvalue weighted by Gasteiger charge is 2.07. The van der Waals surface area contributed by atoms with E-state index in [2.05, 4.69) is 57.1 Å². The van der Waals surface area contributed by atoms with Crippen molar-refractivity contribution in [1.82, 2.24) is 5.32 Å². The Balaban J connectivity index is 2.20. The van der Waals surface area contributed by atoms with E-state index in [0.717, 1.165) is 32.6 Å². The second-order valence-electron chi connectivity index (χ2n) is 4.84. The van der Waals surface area contributed by atoms with Crippen LogP contribution in [-0.2, 0) is 6.54 Å². The number of nitrogens with one attached hydrogen (secondary N) is 1. The molecule has 0 aromatic heterocycles. The number of ether oxygens (including phenoxy) is 1. The number of hydrogen-bond donors (Lipinski definition) is 1. The highest BCUT2D eigenvalue weighted by Crippen LogP contribution is 2.29. The van der Waals surface area contributed by atoms with E-state index < -0.39 is 0 Å². The van der Waals surface area contributed by atoms with Gasteiger partial charge in [-0.15, -0.1) is 0 Å². The highest BCUT2D eigenvalue weighted by molar-refractivity contribution is 9.10. The van der Waals surface area contributed by atoms with E-state index in [1.165, 1.54) is 0 Å². The van der Waals surface area contributed by atoms with Crippen molar-refractivity contribution in [3.05, 3.63) is 57.0 Å². The number of halogens is 2. The van der Waals surface area contributed by atoms with Crippen LogP contribution in [0.4, 0.5) is 0 Å². The van der Waals surface area contributed by atoms with Gasteiger partial charge in [-0.3, -0.25) is 0 Å². The average Bonchev–Trinajstić information content (AvgIpc) is 2.40. The van der Waals surface area contributed by atoms with E-state index in [4.69, 9.17) is 4.74 Å². The zero-order chi connectivity index (χ0) is 14.5. The molecule has 1 N–H and O–H groups in total. The van der Waals surface area contributed by atoms with Gasteiger partial charge in [-0.1, -0.05) is 51.8 Å². The first kappa shape index (κ1) is 15.5. The highest BCUT2D eigenvalue weighted by atomic mass is 79.9. The van der Waals surface area contributed by atoms with Gasteiger partial charge in [0.2, 0.25) is 0 Å². The quantitative estimate of drug-likeness (QED) is 0.717. The lowest BCUT2D eigenvalue weighted by Crippen LogP contribution is -2.22. The van der Waals surface area contributed by atoms with Gasteiger partial charge in [0.15, 0.2) is 0 Å². The van der Waals surface area contributed by atoms with Crippen LogP contribution in [-0.4, -0.2) is 6.04 Å². The van der Waals surface area contributed by atoms with Crippen LogP contribution < -0.4 is 10.1 Å². The fraction of sp³-hybridized carbons (Fsp3) is 0.250. The minimum absolute atomic E-state index is 0.444. The molecule has 0 bridgehead atoms. The zero-order valence-electron chi connectivity index (χ0n) is 11.5. The zero-order valence-corrected chi connectivity index (χ0v) is 14.7. The van der Waals surface area contributed by atoms with Gasteiger partial charge in [-0.2, -0.15) is 0 Å². The van der Waals surface area contributed by atoms with E-state index >= 15 is 0 Å². The average molecular weight is 399 g/mol. The van der Waals surface area contributed by atoms with Crippen LogP contribution in [0.2, 0.25) is 0 Å². The van der Waals surface area contributed by atoms with Crippen LogP contribution in [0, 0.1) is 0 Å². The van der Waals surface area contributed by atoms with Crippen LogP contribution >= 0.6 is 31.9 Å². The van der Waals surface area contributed by atoms with Crippen molar-refractivity contribution in [2.45, 2.75) is 26.4 Å². The number of hydrogen-bond acceptors (Lipinski definition) is 2. The third-order valence-electron chi connectivity index (χ3n) is 2.77. The Morgan fingerprint density at radius 2 is 1.65 bits per heavy atom. The molecule has 0 fully saturated rings. The molecular formula is C16H17Br2NO. The van der Waals surface area contributed by atoms with Gasteiger partial charge in [-0.25, -0.2) is 0 Å². The Morgan fingerprint density at radius 1 is 1.00 bits per heavy atom. The summed E-state index contributed by atoms with van der Waals surface area (Å²) in [5, 5.41) is 3.41. The fourth-order valence-electron chi connectivity index (χ4n) is 1.71. The lowest BCUT2D eigenvalue weighted by molar-refractivity contribution is 0.469. The van der Waals surface area contributed by atoms with Crippen LogP contribution in [0.1, 0.15) is 19.4 Å². The first-order valence-electron chi connectivity index (χ1n) is 6.50. The van der Waals surface area contributed by atoms with Gasteiger partial charge < -0.3 is 10.1 Å². The minimum atomic E-state index is 0.444. The van der Waals surface area contributed by atoms with Crippen molar-refractivity contribution in [3.63, 3.8) is 0 Å². The summed E-state index contributed by atoms with van der Waals surface area (Å²) in [6.45, 7) is 5.05. The molecule has 0 aliphatic carbocycles. The van der Waals surface area contributed by atoms with Crippen LogP contribution in [0.3, 0.4) is 0 Å². The molecule has 4 heteroatoms. The maximum atomic E-state index is 5.99. The molecule has 0 aliphatic rings. The van der Waals surface area contributed by atoms with E-state index in [1.54, 1.807) is 0 Å². The van der Waals surface area contributed by atoms with Gasteiger partial charge in [-0.05, 0) is 36.4 Å². The molecule has 0 heterocycles. The lowest BCUT2D eigenvalue weighted by atomic mass is 10.2. The van der Waals surface area contributed by atoms with Gasteiger partial charge in [0.25, 0.3) is 0 Å². The Bertz CT molecular complexity index is 567. The number of benzene rings is 2. The summed E-state index contributed by atoms with van der Waals surface area (Å²) in [5.74, 6) is 1.70. The molecule has 0 saturated heterocycles. The predicted molar refractivity (Wildman–Crippen MR) is 90.3 cm³/mol. The second-order valence-corrected chi connectivity index (χ2v) is 6.67. The van der Waals surface area contributed by atoms with Gasteiger partial charge in [0.05, 0.1) is 0 Å². The standard InChI is InChI=1S/C16H17Br2NO/c1-11(2)19-10-12-3-4-14(18)9-16(12)20-15-7-5-13(17)6-8-15/h3-9,11,19H,10H2,1-2H3. The van der Waals surface area contributed by atoms with Crippen LogP contribution in [0.25, 0.3) is 0 Å². The van der Waals surface area contributed by atoms with E-state index in [-0.39, 0.29) is 0 Å². The molecule has 106 valence electrons. The Labute approximate surface area is 136 Å². The molecule has 0 amide bonds. The predicted octanol–water partition coefficient (Wildman–Crippen LogP) is 5.50. The fourth-order valence-corrected chi connectivity index (χ4v) is 2.32. The summed E-state index contributed by atoms with van der Waals surface area (Å²) < 4.78 is 8.04. The molecule has 2 rings (SSSR count). The smallest absolute Gasteiger partial charge is 0.133 e. The third kappa shape index (κ3) is 4.62. The molecule has 0 unspecified atom stereocenters. The topological polar surface area (TPSA) is 21.3 Å². The van der Waals surface area contributed by atoms with Crippen molar-refractivity contribution < 1.29 is 4.74 Å². The van der Waals surface area contributed by atoms with Crippen molar-refractivity contribution in [1.29, 1.82) is 0 Å². The van der Waals surface area contributed by atoms with Gasteiger partial charge in [0, 0.05) is 27.1 Å². The largest absolute Gasteiger partial charge is 0.457 e. The van der Waals surface area contributed by atoms with Crippen molar-refractivity contribution in [3.8, 4) is 11.5 Å². The van der Waals surface area contributed by atoms with Crippen molar-refractivity contribution >= 4 is 31.9 Å². The first-order valence-corrected chi connectivity index (χ1v) is 8.08. The monoisotopic (exact) mass is 397 g/mol. The van der Waals surface area contributed by atoms with Crippen molar-refractivity contribution in [2.75, 3.05) is 0 Å². The molecule has 0 aliphatic heterocycles. The summed E-state index contributed by atoms with van der Waals surface area (Å²) in [4.78, 5) is 0. The second kappa shape index (κ2) is 7.25.